The van der Waals surface area contributed by atoms with Crippen molar-refractivity contribution in [3.63, 3.8) is 0 Å². The molecule has 0 saturated carbocycles. The molecule has 5 aromatic carbocycles. The number of nitrogens with one attached hydrogen (secondary N) is 4. The van der Waals surface area contributed by atoms with Crippen molar-refractivity contribution in [1.82, 2.24) is 39.9 Å². The number of nitrogens with zero attached hydrogens (tertiary/aromatic N) is 4. The van der Waals surface area contributed by atoms with E-state index in [1.807, 2.05) is 18.3 Å². The zero-order valence-corrected chi connectivity index (χ0v) is 42.3. The third-order valence-electron chi connectivity index (χ3n) is 12.5. The Bertz CT molecular complexity index is 4380. The second-order valence-electron chi connectivity index (χ2n) is 17.6. The van der Waals surface area contributed by atoms with E-state index in [9.17, 15) is 41.0 Å². The second kappa shape index (κ2) is 23.1. The number of H-pyrrole nitrogens is 4. The van der Waals surface area contributed by atoms with E-state index in [1.54, 1.807) is 85.5 Å². The van der Waals surface area contributed by atoms with E-state index in [-0.39, 0.29) is 17.3 Å². The van der Waals surface area contributed by atoms with Crippen molar-refractivity contribution in [3.05, 3.63) is 251 Å². The number of methoxy groups -OCH3 is 1. The summed E-state index contributed by atoms with van der Waals surface area (Å²) in [6.45, 7) is 0. The Hall–Kier alpha value is -10.3. The predicted octanol–water partition coefficient (Wildman–Crippen LogP) is 14.9. The van der Waals surface area contributed by atoms with Gasteiger partial charge in [0.25, 0.3) is 0 Å². The summed E-state index contributed by atoms with van der Waals surface area (Å²) in [5.41, 5.74) is 6.75. The van der Waals surface area contributed by atoms with Crippen molar-refractivity contribution in [2.24, 2.45) is 0 Å². The van der Waals surface area contributed by atoms with Gasteiger partial charge in [-0.2, -0.15) is 0 Å². The minimum absolute atomic E-state index is 0.0266. The van der Waals surface area contributed by atoms with E-state index in [0.717, 1.165) is 45.2 Å². The van der Waals surface area contributed by atoms with Gasteiger partial charge >= 0.3 is 0 Å². The van der Waals surface area contributed by atoms with Gasteiger partial charge in [-0.3, -0.25) is 9.59 Å². The van der Waals surface area contributed by atoms with Gasteiger partial charge < -0.3 is 29.8 Å². The average Bonchev–Trinajstić information content (AvgIpc) is 4.41. The van der Waals surface area contributed by atoms with E-state index >= 15 is 0 Å². The highest BCUT2D eigenvalue weighted by atomic mass is 35.5. The van der Waals surface area contributed by atoms with Gasteiger partial charge in [0.15, 0.2) is 11.6 Å². The number of carbonyl (C=O) groups is 2. The highest BCUT2D eigenvalue weighted by molar-refractivity contribution is 6.35. The fraction of sp³-hybridized carbons (Fsp3) is 0.0164. The van der Waals surface area contributed by atoms with Crippen LogP contribution in [-0.2, 0) is 0 Å². The smallest absolute Gasteiger partial charge is 0.195 e. The number of ketones is 2. The Morgan fingerprint density at radius 2 is 0.875 bits per heavy atom. The zero-order chi connectivity index (χ0) is 56.0. The van der Waals surface area contributed by atoms with Gasteiger partial charge in [0.05, 0.1) is 23.3 Å². The first kappa shape index (κ1) is 53.1. The summed E-state index contributed by atoms with van der Waals surface area (Å²) >= 11 is 5.84. The molecule has 8 heterocycles. The first-order valence-corrected chi connectivity index (χ1v) is 24.4. The molecule has 0 radical (unpaired) electrons. The molecule has 0 unspecified atom stereocenters. The Labute approximate surface area is 454 Å². The van der Waals surface area contributed by atoms with Crippen LogP contribution in [-0.4, -0.2) is 63.7 Å². The van der Waals surface area contributed by atoms with Gasteiger partial charge in [-0.15, -0.1) is 0 Å². The van der Waals surface area contributed by atoms with Crippen molar-refractivity contribution >= 4 is 67.3 Å². The third kappa shape index (κ3) is 11.5. The zero-order valence-electron chi connectivity index (χ0n) is 41.5. The lowest BCUT2D eigenvalue weighted by atomic mass is 9.97. The van der Waals surface area contributed by atoms with Crippen LogP contribution < -0.4 is 4.74 Å². The Morgan fingerprint density at radius 3 is 1.35 bits per heavy atom. The van der Waals surface area contributed by atoms with Crippen LogP contribution in [0.1, 0.15) is 31.8 Å². The standard InChI is InChI=1S/C21H14F2N2O2.C20H12F2N2O2.C13H8F2N2.C7H5ClN2/c1-27-16-4-2-3-12(9-16)20(26)18-11-25-21-19(18)17(5-6-24-21)13-7-14(22)10-15(23)8-13;21-13-6-12(7-14(22)9-13)16-4-5-23-20-18(16)17(10-24-20)19(26)11-2-1-3-15(25)8-11;14-9-5-8(6-10(15)7-9)11-1-3-16-13-12(11)2-4-17-13;8-6-2-4-10-7-5(6)1-3-9-7/h2-11H,1H3,(H,24,25);1-10,25H,(H,23,24);1-7H,(H,16,17);1-4H,(H,9,10). The van der Waals surface area contributed by atoms with E-state index in [1.165, 1.54) is 74.2 Å². The summed E-state index contributed by atoms with van der Waals surface area (Å²) in [7, 11) is 1.52. The Kier molecular flexibility index (Phi) is 15.3. The van der Waals surface area contributed by atoms with E-state index in [2.05, 4.69) is 39.9 Å². The van der Waals surface area contributed by atoms with Crippen molar-refractivity contribution in [3.8, 4) is 44.9 Å². The fourth-order valence-corrected chi connectivity index (χ4v) is 9.15. The number of hydrogen-bond acceptors (Lipinski definition) is 8. The molecular formula is C61H39ClF6N8O4. The van der Waals surface area contributed by atoms with Gasteiger partial charge in [0.2, 0.25) is 0 Å². The number of rotatable bonds is 8. The van der Waals surface area contributed by atoms with E-state index in [4.69, 9.17) is 16.3 Å². The molecular weight excluding hydrogens is 1060 g/mol. The van der Waals surface area contributed by atoms with Crippen LogP contribution in [0.2, 0.25) is 5.02 Å². The number of pyridine rings is 4. The van der Waals surface area contributed by atoms with Crippen molar-refractivity contribution < 1.29 is 45.8 Å². The summed E-state index contributed by atoms with van der Waals surface area (Å²) in [4.78, 5) is 54.3. The van der Waals surface area contributed by atoms with E-state index in [0.29, 0.717) is 83.5 Å². The average molecular weight is 1100 g/mol. The topological polar surface area (TPSA) is 178 Å². The molecule has 8 aromatic heterocycles. The van der Waals surface area contributed by atoms with Crippen molar-refractivity contribution in [1.29, 1.82) is 0 Å². The van der Waals surface area contributed by atoms with Gasteiger partial charge in [-0.05, 0) is 130 Å². The van der Waals surface area contributed by atoms with Crippen LogP contribution in [0.4, 0.5) is 26.3 Å². The van der Waals surface area contributed by atoms with Gasteiger partial charge in [0, 0.05) is 100 Å². The Balaban J connectivity index is 0.000000126. The number of aromatic nitrogens is 8. The number of carbonyl (C=O) groups excluding carboxylic acids is 2. The number of hydrogen-bond donors (Lipinski definition) is 5. The number of phenols is 1. The molecule has 13 rings (SSSR count). The van der Waals surface area contributed by atoms with Crippen LogP contribution in [0.5, 0.6) is 11.5 Å². The minimum Gasteiger partial charge on any atom is -0.508 e. The lowest BCUT2D eigenvalue weighted by molar-refractivity contribution is 0.103. The van der Waals surface area contributed by atoms with E-state index < -0.39 is 34.9 Å². The molecule has 0 aliphatic rings. The van der Waals surface area contributed by atoms with Gasteiger partial charge in [-0.25, -0.2) is 46.3 Å². The first-order valence-electron chi connectivity index (χ1n) is 24.0. The fourth-order valence-electron chi connectivity index (χ4n) is 8.94. The van der Waals surface area contributed by atoms with Crippen LogP contribution in [0.25, 0.3) is 77.5 Å². The number of halogens is 7. The molecule has 396 valence electrons. The summed E-state index contributed by atoms with van der Waals surface area (Å²) in [5.74, 6) is -4.00. The van der Waals surface area contributed by atoms with Crippen LogP contribution in [0.3, 0.4) is 0 Å². The lowest BCUT2D eigenvalue weighted by Gasteiger charge is -2.07. The molecule has 19 heteroatoms. The number of benzene rings is 5. The molecule has 0 spiro atoms. The summed E-state index contributed by atoms with van der Waals surface area (Å²) in [6, 6.07) is 33.2. The maximum atomic E-state index is 13.7. The number of ether oxygens (including phenoxy) is 1. The minimum atomic E-state index is -0.707. The summed E-state index contributed by atoms with van der Waals surface area (Å²) in [5, 5.41) is 13.1. The number of aromatic hydroxyl groups is 1. The quantitative estimate of drug-likeness (QED) is 0.0737. The second-order valence-corrected chi connectivity index (χ2v) is 18.0. The largest absolute Gasteiger partial charge is 0.508 e. The number of phenolic OH excluding ortho intramolecular Hbond substituents is 1. The molecule has 13 aromatic rings. The summed E-state index contributed by atoms with van der Waals surface area (Å²) in [6.07, 6.45) is 12.9. The summed E-state index contributed by atoms with van der Waals surface area (Å²) < 4.78 is 86.2. The molecule has 0 bridgehead atoms. The first-order chi connectivity index (χ1) is 38.7. The molecule has 0 aliphatic heterocycles. The van der Waals surface area contributed by atoms with Crippen LogP contribution in [0.15, 0.2) is 189 Å². The highest BCUT2D eigenvalue weighted by Gasteiger charge is 2.21. The molecule has 0 atom stereocenters. The Morgan fingerprint density at radius 1 is 0.463 bits per heavy atom. The van der Waals surface area contributed by atoms with Crippen molar-refractivity contribution in [2.45, 2.75) is 0 Å². The SMILES string of the molecule is COc1cccc(C(=O)c2c[nH]c3nccc(-c4cc(F)cc(F)c4)c23)c1.Clc1ccnc2[nH]ccc12.Fc1cc(F)cc(-c2ccnc3[nH]ccc23)c1.O=C(c1cccc(O)c1)c1c[nH]c2nccc(-c3cc(F)cc(F)c3)c12. The monoisotopic (exact) mass is 1100 g/mol. The molecule has 5 N–H and O–H groups in total. The normalized spacial score (nSPS) is 10.9. The molecule has 0 aliphatic carbocycles. The third-order valence-corrected chi connectivity index (χ3v) is 12.8. The maximum absolute atomic E-state index is 13.7. The highest BCUT2D eigenvalue weighted by Crippen LogP contribution is 2.35. The maximum Gasteiger partial charge on any atom is 0.195 e. The van der Waals surface area contributed by atoms with Crippen LogP contribution >= 0.6 is 11.6 Å². The van der Waals surface area contributed by atoms with Gasteiger partial charge in [0.1, 0.15) is 69.0 Å². The van der Waals surface area contributed by atoms with Gasteiger partial charge in [-0.1, -0.05) is 35.9 Å². The molecule has 12 nitrogen and oxygen atoms in total. The molecule has 0 amide bonds. The number of fused-ring (bicyclic) bond motifs is 4. The molecule has 0 fully saturated rings. The van der Waals surface area contributed by atoms with Crippen LogP contribution in [0, 0.1) is 34.9 Å². The molecule has 0 saturated heterocycles. The number of aromatic amines is 4. The predicted molar refractivity (Wildman–Crippen MR) is 293 cm³/mol. The molecule has 80 heavy (non-hydrogen) atoms. The van der Waals surface area contributed by atoms with Crippen molar-refractivity contribution in [2.75, 3.05) is 7.11 Å². The lowest BCUT2D eigenvalue weighted by Crippen LogP contribution is -2.01.